The second-order valence-corrected chi connectivity index (χ2v) is 6.45. The molecule has 1 fully saturated rings. The zero-order valence-corrected chi connectivity index (χ0v) is 11.2. The molecular weight excluding hydrogens is 292 g/mol. The molecular formula is C11H11BrO3S. The molecule has 2 rings (SSSR count). The first-order valence-electron chi connectivity index (χ1n) is 4.97. The van der Waals surface area contributed by atoms with Crippen molar-refractivity contribution >= 4 is 39.0 Å². The molecule has 16 heavy (non-hydrogen) atoms. The molecule has 0 saturated carbocycles. The van der Waals surface area contributed by atoms with Crippen LogP contribution in [0, 0.1) is 5.41 Å². The van der Waals surface area contributed by atoms with E-state index in [4.69, 9.17) is 4.74 Å². The Balaban J connectivity index is 2.28. The second-order valence-electron chi connectivity index (χ2n) is 3.91. The van der Waals surface area contributed by atoms with E-state index in [1.807, 2.05) is 12.1 Å². The predicted octanol–water partition coefficient (Wildman–Crippen LogP) is 2.58. The third kappa shape index (κ3) is 1.94. The van der Waals surface area contributed by atoms with E-state index >= 15 is 0 Å². The highest BCUT2D eigenvalue weighted by molar-refractivity contribution is 9.11. The van der Waals surface area contributed by atoms with E-state index in [9.17, 15) is 9.59 Å². The van der Waals surface area contributed by atoms with Crippen LogP contribution in [0.5, 0.6) is 0 Å². The minimum atomic E-state index is -0.940. The Bertz CT molecular complexity index is 440. The van der Waals surface area contributed by atoms with E-state index in [0.29, 0.717) is 19.4 Å². The lowest BCUT2D eigenvalue weighted by Gasteiger charge is -2.20. The van der Waals surface area contributed by atoms with Crippen molar-refractivity contribution in [2.45, 2.75) is 19.8 Å². The van der Waals surface area contributed by atoms with E-state index in [-0.39, 0.29) is 11.8 Å². The average molecular weight is 303 g/mol. The van der Waals surface area contributed by atoms with Gasteiger partial charge in [-0.1, -0.05) is 0 Å². The highest BCUT2D eigenvalue weighted by Gasteiger charge is 2.48. The molecule has 1 aliphatic rings. The summed E-state index contributed by atoms with van der Waals surface area (Å²) in [5.41, 5.74) is -0.940. The molecule has 0 spiro atoms. The van der Waals surface area contributed by atoms with Crippen molar-refractivity contribution in [1.29, 1.82) is 0 Å². The number of ketones is 1. The molecule has 0 bridgehead atoms. The average Bonchev–Trinajstić information content (AvgIpc) is 2.76. The molecule has 0 N–H and O–H groups in total. The molecule has 0 aliphatic carbocycles. The molecule has 0 amide bonds. The van der Waals surface area contributed by atoms with Gasteiger partial charge in [-0.2, -0.15) is 0 Å². The first-order valence-corrected chi connectivity index (χ1v) is 6.58. The van der Waals surface area contributed by atoms with Crippen molar-refractivity contribution in [1.82, 2.24) is 0 Å². The molecule has 1 aromatic rings. The molecule has 1 unspecified atom stereocenters. The van der Waals surface area contributed by atoms with Gasteiger partial charge in [-0.15, -0.1) is 11.3 Å². The number of carbonyl (C=O) groups is 2. The Morgan fingerprint density at radius 3 is 2.81 bits per heavy atom. The van der Waals surface area contributed by atoms with Crippen molar-refractivity contribution in [3.63, 3.8) is 0 Å². The van der Waals surface area contributed by atoms with Gasteiger partial charge >= 0.3 is 5.97 Å². The maximum Gasteiger partial charge on any atom is 0.320 e. The van der Waals surface area contributed by atoms with Crippen LogP contribution in [0.3, 0.4) is 0 Å². The van der Waals surface area contributed by atoms with E-state index < -0.39 is 5.41 Å². The van der Waals surface area contributed by atoms with Crippen LogP contribution >= 0.6 is 27.3 Å². The van der Waals surface area contributed by atoms with Crippen molar-refractivity contribution in [3.05, 3.63) is 20.8 Å². The van der Waals surface area contributed by atoms with Crippen LogP contribution in [0.4, 0.5) is 0 Å². The van der Waals surface area contributed by atoms with Gasteiger partial charge in [0.05, 0.1) is 10.4 Å². The largest absolute Gasteiger partial charge is 0.465 e. The van der Waals surface area contributed by atoms with Crippen LogP contribution in [0.15, 0.2) is 15.9 Å². The summed E-state index contributed by atoms with van der Waals surface area (Å²) in [6.45, 7) is 1.82. The molecule has 2 heterocycles. The number of rotatable bonds is 3. The van der Waals surface area contributed by atoms with Crippen LogP contribution < -0.4 is 0 Å². The minimum absolute atomic E-state index is 0.0977. The first-order chi connectivity index (χ1) is 7.54. The SMILES string of the molecule is CC(=O)C1(Cc2ccc(Br)s2)CCOC1=O. The van der Waals surface area contributed by atoms with Crippen LogP contribution in [0.25, 0.3) is 0 Å². The molecule has 0 aromatic carbocycles. The molecule has 5 heteroatoms. The van der Waals surface area contributed by atoms with E-state index in [2.05, 4.69) is 15.9 Å². The molecule has 1 aliphatic heterocycles. The van der Waals surface area contributed by atoms with Crippen molar-refractivity contribution in [2.24, 2.45) is 5.41 Å². The van der Waals surface area contributed by atoms with Crippen molar-refractivity contribution < 1.29 is 14.3 Å². The summed E-state index contributed by atoms with van der Waals surface area (Å²) < 4.78 is 5.95. The lowest BCUT2D eigenvalue weighted by atomic mass is 9.79. The number of hydrogen-bond donors (Lipinski definition) is 0. The third-order valence-corrected chi connectivity index (χ3v) is 4.56. The first kappa shape index (κ1) is 11.8. The van der Waals surface area contributed by atoms with Gasteiger partial charge in [0.2, 0.25) is 0 Å². The quantitative estimate of drug-likeness (QED) is 0.637. The Morgan fingerprint density at radius 1 is 1.62 bits per heavy atom. The fourth-order valence-electron chi connectivity index (χ4n) is 1.91. The number of Topliss-reactive ketones (excluding diaryl/α,β-unsaturated/α-hetero) is 1. The number of thiophene rings is 1. The van der Waals surface area contributed by atoms with Gasteiger partial charge in [0.1, 0.15) is 11.2 Å². The number of carbonyl (C=O) groups excluding carboxylic acids is 2. The summed E-state index contributed by atoms with van der Waals surface area (Å²) in [6, 6.07) is 3.86. The van der Waals surface area contributed by atoms with Gasteiger partial charge < -0.3 is 4.74 Å². The Hall–Kier alpha value is -0.680. The molecule has 3 nitrogen and oxygen atoms in total. The van der Waals surface area contributed by atoms with Gasteiger partial charge in [0.25, 0.3) is 0 Å². The molecule has 1 atom stereocenters. The van der Waals surface area contributed by atoms with Crippen molar-refractivity contribution in [3.8, 4) is 0 Å². The van der Waals surface area contributed by atoms with Crippen LogP contribution in [0.1, 0.15) is 18.2 Å². The number of hydrogen-bond acceptors (Lipinski definition) is 4. The molecule has 86 valence electrons. The van der Waals surface area contributed by atoms with Crippen LogP contribution in [-0.2, 0) is 20.7 Å². The number of esters is 1. The minimum Gasteiger partial charge on any atom is -0.465 e. The number of ether oxygens (including phenoxy) is 1. The molecule has 1 aromatic heterocycles. The summed E-state index contributed by atoms with van der Waals surface area (Å²) in [4.78, 5) is 24.4. The highest BCUT2D eigenvalue weighted by atomic mass is 79.9. The standard InChI is InChI=1S/C11H11BrO3S/c1-7(13)11(4-5-15-10(11)14)6-8-2-3-9(12)16-8/h2-3H,4-6H2,1H3. The summed E-state index contributed by atoms with van der Waals surface area (Å²) in [5, 5.41) is 0. The maximum absolute atomic E-state index is 11.7. The van der Waals surface area contributed by atoms with Gasteiger partial charge in [-0.25, -0.2) is 0 Å². The van der Waals surface area contributed by atoms with E-state index in [1.165, 1.54) is 6.92 Å². The fourth-order valence-corrected chi connectivity index (χ4v) is 3.50. The fraction of sp³-hybridized carbons (Fsp3) is 0.455. The maximum atomic E-state index is 11.7. The van der Waals surface area contributed by atoms with Gasteiger partial charge in [0, 0.05) is 17.7 Å². The Labute approximate surface area is 106 Å². The zero-order valence-electron chi connectivity index (χ0n) is 8.79. The molecule has 0 radical (unpaired) electrons. The van der Waals surface area contributed by atoms with E-state index in [0.717, 1.165) is 8.66 Å². The summed E-state index contributed by atoms with van der Waals surface area (Å²) in [5.74, 6) is -0.468. The van der Waals surface area contributed by atoms with Crippen LogP contribution in [-0.4, -0.2) is 18.4 Å². The highest BCUT2D eigenvalue weighted by Crippen LogP contribution is 2.37. The normalized spacial score (nSPS) is 24.5. The van der Waals surface area contributed by atoms with Crippen LogP contribution in [0.2, 0.25) is 0 Å². The monoisotopic (exact) mass is 302 g/mol. The van der Waals surface area contributed by atoms with E-state index in [1.54, 1.807) is 11.3 Å². The third-order valence-electron chi connectivity index (χ3n) is 2.93. The number of halogens is 1. The summed E-state index contributed by atoms with van der Waals surface area (Å²) in [6.07, 6.45) is 0.952. The lowest BCUT2D eigenvalue weighted by molar-refractivity contribution is -0.150. The van der Waals surface area contributed by atoms with Gasteiger partial charge in [-0.05, 0) is 35.0 Å². The smallest absolute Gasteiger partial charge is 0.320 e. The van der Waals surface area contributed by atoms with Crippen molar-refractivity contribution in [2.75, 3.05) is 6.61 Å². The predicted molar refractivity (Wildman–Crippen MR) is 64.4 cm³/mol. The van der Waals surface area contributed by atoms with Gasteiger partial charge in [0.15, 0.2) is 0 Å². The Morgan fingerprint density at radius 2 is 2.38 bits per heavy atom. The number of cyclic esters (lactones) is 1. The molecule has 1 saturated heterocycles. The van der Waals surface area contributed by atoms with Gasteiger partial charge in [-0.3, -0.25) is 9.59 Å². The summed E-state index contributed by atoms with van der Waals surface area (Å²) >= 11 is 4.92. The summed E-state index contributed by atoms with van der Waals surface area (Å²) in [7, 11) is 0. The second kappa shape index (κ2) is 4.30. The topological polar surface area (TPSA) is 43.4 Å². The zero-order chi connectivity index (χ0) is 11.8. The Kier molecular flexibility index (Phi) is 3.17. The lowest BCUT2D eigenvalue weighted by Crippen LogP contribution is -2.36.